The molecule has 1 aliphatic rings. The highest BCUT2D eigenvalue weighted by molar-refractivity contribution is 7.09. The second-order valence-electron chi connectivity index (χ2n) is 7.41. The summed E-state index contributed by atoms with van der Waals surface area (Å²) in [7, 11) is 0. The summed E-state index contributed by atoms with van der Waals surface area (Å²) in [6.45, 7) is 2.72. The van der Waals surface area contributed by atoms with Gasteiger partial charge in [-0.05, 0) is 49.8 Å². The fourth-order valence-corrected chi connectivity index (χ4v) is 4.15. The standard InChI is InChI=1S/C23H25N3O4S/c1-15-19(14-24-21(27)11-10-16-6-5-13-31-16)26-23(30-15)17-7-2-3-8-18(17)25-22(28)20-9-4-12-29-20/h2-3,5-8,13,20H,4,9-12,14H2,1H3,(H,24,27)(H,25,28)/t20-/m1/s1. The second kappa shape index (κ2) is 9.89. The summed E-state index contributed by atoms with van der Waals surface area (Å²) >= 11 is 1.65. The molecule has 1 atom stereocenters. The topological polar surface area (TPSA) is 93.5 Å². The molecule has 8 heteroatoms. The van der Waals surface area contributed by atoms with Crippen LogP contribution >= 0.6 is 11.3 Å². The highest BCUT2D eigenvalue weighted by atomic mass is 32.1. The number of aromatic nitrogens is 1. The zero-order valence-corrected chi connectivity index (χ0v) is 18.2. The first-order valence-corrected chi connectivity index (χ1v) is 11.3. The van der Waals surface area contributed by atoms with E-state index in [4.69, 9.17) is 9.15 Å². The second-order valence-corrected chi connectivity index (χ2v) is 8.45. The Kier molecular flexibility index (Phi) is 6.79. The van der Waals surface area contributed by atoms with E-state index in [9.17, 15) is 9.59 Å². The number of aryl methyl sites for hydroxylation is 2. The fraction of sp³-hybridized carbons (Fsp3) is 0.348. The van der Waals surface area contributed by atoms with Crippen molar-refractivity contribution < 1.29 is 18.7 Å². The number of nitrogens with zero attached hydrogens (tertiary/aromatic N) is 1. The summed E-state index contributed by atoms with van der Waals surface area (Å²) in [5.74, 6) is 0.852. The first-order chi connectivity index (χ1) is 15.1. The van der Waals surface area contributed by atoms with Gasteiger partial charge in [0.05, 0.1) is 17.8 Å². The fourth-order valence-electron chi connectivity index (χ4n) is 3.45. The third kappa shape index (κ3) is 5.39. The largest absolute Gasteiger partial charge is 0.441 e. The lowest BCUT2D eigenvalue weighted by molar-refractivity contribution is -0.124. The number of thiophene rings is 1. The molecule has 1 aromatic carbocycles. The van der Waals surface area contributed by atoms with Crippen molar-refractivity contribution in [3.8, 4) is 11.5 Å². The molecule has 0 aliphatic carbocycles. The van der Waals surface area contributed by atoms with Crippen molar-refractivity contribution in [2.45, 2.75) is 45.3 Å². The van der Waals surface area contributed by atoms with Crippen molar-refractivity contribution in [2.75, 3.05) is 11.9 Å². The molecule has 31 heavy (non-hydrogen) atoms. The molecule has 0 bridgehead atoms. The minimum absolute atomic E-state index is 0.0263. The summed E-state index contributed by atoms with van der Waals surface area (Å²) in [6.07, 6.45) is 2.36. The molecule has 0 unspecified atom stereocenters. The van der Waals surface area contributed by atoms with E-state index < -0.39 is 6.10 Å². The minimum atomic E-state index is -0.417. The van der Waals surface area contributed by atoms with Gasteiger partial charge in [0.2, 0.25) is 11.8 Å². The average molecular weight is 440 g/mol. The van der Waals surface area contributed by atoms with Gasteiger partial charge in [-0.15, -0.1) is 11.3 Å². The SMILES string of the molecule is Cc1oc(-c2ccccc2NC(=O)[C@H]2CCCO2)nc1CNC(=O)CCc1cccs1. The molecular formula is C23H25N3O4S. The number of hydrogen-bond donors (Lipinski definition) is 2. The van der Waals surface area contributed by atoms with Crippen LogP contribution in [0.1, 0.15) is 35.6 Å². The number of carbonyl (C=O) groups is 2. The zero-order valence-electron chi connectivity index (χ0n) is 17.3. The zero-order chi connectivity index (χ0) is 21.6. The van der Waals surface area contributed by atoms with Crippen molar-refractivity contribution in [3.05, 3.63) is 58.1 Å². The lowest BCUT2D eigenvalue weighted by atomic mass is 10.1. The Labute approximate surface area is 184 Å². The van der Waals surface area contributed by atoms with Crippen molar-refractivity contribution in [2.24, 2.45) is 0 Å². The number of ether oxygens (including phenoxy) is 1. The predicted octanol–water partition coefficient (Wildman–Crippen LogP) is 4.08. The molecule has 2 aromatic heterocycles. The van der Waals surface area contributed by atoms with Crippen LogP contribution in [-0.2, 0) is 27.3 Å². The van der Waals surface area contributed by atoms with Gasteiger partial charge in [0.1, 0.15) is 17.6 Å². The monoisotopic (exact) mass is 439 g/mol. The Morgan fingerprint density at radius 1 is 1.23 bits per heavy atom. The van der Waals surface area contributed by atoms with Gasteiger partial charge in [-0.2, -0.15) is 0 Å². The smallest absolute Gasteiger partial charge is 0.253 e. The molecule has 3 heterocycles. The average Bonchev–Trinajstić information content (AvgIpc) is 3.53. The molecule has 0 spiro atoms. The molecule has 7 nitrogen and oxygen atoms in total. The Hall–Kier alpha value is -2.97. The summed E-state index contributed by atoms with van der Waals surface area (Å²) in [5.41, 5.74) is 1.97. The Bertz CT molecular complexity index is 1040. The van der Waals surface area contributed by atoms with Crippen molar-refractivity contribution in [1.82, 2.24) is 10.3 Å². The number of benzene rings is 1. The van der Waals surface area contributed by atoms with Gasteiger partial charge in [0, 0.05) is 17.9 Å². The molecule has 4 rings (SSSR count). The number of carbonyl (C=O) groups excluding carboxylic acids is 2. The molecule has 2 amide bonds. The van der Waals surface area contributed by atoms with Crippen LogP contribution in [0, 0.1) is 6.92 Å². The quantitative estimate of drug-likeness (QED) is 0.552. The number of nitrogens with one attached hydrogen (secondary N) is 2. The molecule has 0 radical (unpaired) electrons. The Balaban J connectivity index is 1.40. The molecule has 1 saturated heterocycles. The van der Waals surface area contributed by atoms with Crippen molar-refractivity contribution >= 4 is 28.8 Å². The predicted molar refractivity (Wildman–Crippen MR) is 119 cm³/mol. The maximum Gasteiger partial charge on any atom is 0.253 e. The highest BCUT2D eigenvalue weighted by Gasteiger charge is 2.25. The molecule has 0 saturated carbocycles. The van der Waals surface area contributed by atoms with E-state index in [1.165, 1.54) is 4.88 Å². The molecule has 162 valence electrons. The van der Waals surface area contributed by atoms with E-state index in [2.05, 4.69) is 15.6 Å². The van der Waals surface area contributed by atoms with Crippen LogP contribution < -0.4 is 10.6 Å². The number of anilines is 1. The van der Waals surface area contributed by atoms with E-state index in [1.807, 2.05) is 48.7 Å². The number of amides is 2. The lowest BCUT2D eigenvalue weighted by Gasteiger charge is -2.12. The maximum atomic E-state index is 12.5. The lowest BCUT2D eigenvalue weighted by Crippen LogP contribution is -2.27. The van der Waals surface area contributed by atoms with Gasteiger partial charge in [0.15, 0.2) is 0 Å². The van der Waals surface area contributed by atoms with Crippen LogP contribution in [0.5, 0.6) is 0 Å². The van der Waals surface area contributed by atoms with E-state index in [1.54, 1.807) is 11.3 Å². The highest BCUT2D eigenvalue weighted by Crippen LogP contribution is 2.29. The van der Waals surface area contributed by atoms with Crippen LogP contribution in [0.25, 0.3) is 11.5 Å². The van der Waals surface area contributed by atoms with Crippen LogP contribution in [0.15, 0.2) is 46.2 Å². The summed E-state index contributed by atoms with van der Waals surface area (Å²) < 4.78 is 11.3. The molecular weight excluding hydrogens is 414 g/mol. The maximum absolute atomic E-state index is 12.5. The summed E-state index contributed by atoms with van der Waals surface area (Å²) in [6, 6.07) is 11.4. The Morgan fingerprint density at radius 3 is 2.87 bits per heavy atom. The van der Waals surface area contributed by atoms with Crippen LogP contribution in [0.4, 0.5) is 5.69 Å². The van der Waals surface area contributed by atoms with Gasteiger partial charge in [0.25, 0.3) is 5.91 Å². The van der Waals surface area contributed by atoms with Gasteiger partial charge in [-0.25, -0.2) is 4.98 Å². The number of hydrogen-bond acceptors (Lipinski definition) is 6. The molecule has 2 N–H and O–H groups in total. The number of para-hydroxylation sites is 1. The number of oxazole rings is 1. The van der Waals surface area contributed by atoms with E-state index in [-0.39, 0.29) is 11.8 Å². The Morgan fingerprint density at radius 2 is 2.10 bits per heavy atom. The third-order valence-electron chi connectivity index (χ3n) is 5.16. The molecule has 1 aliphatic heterocycles. The van der Waals surface area contributed by atoms with Crippen LogP contribution in [0.3, 0.4) is 0 Å². The summed E-state index contributed by atoms with van der Waals surface area (Å²) in [4.78, 5) is 30.4. The van der Waals surface area contributed by atoms with Gasteiger partial charge in [-0.3, -0.25) is 9.59 Å². The third-order valence-corrected chi connectivity index (χ3v) is 6.10. The minimum Gasteiger partial charge on any atom is -0.441 e. The number of rotatable bonds is 8. The van der Waals surface area contributed by atoms with Gasteiger partial charge >= 0.3 is 0 Å². The van der Waals surface area contributed by atoms with E-state index in [0.29, 0.717) is 48.2 Å². The summed E-state index contributed by atoms with van der Waals surface area (Å²) in [5, 5.41) is 7.84. The first-order valence-electron chi connectivity index (χ1n) is 10.4. The van der Waals surface area contributed by atoms with Crippen molar-refractivity contribution in [1.29, 1.82) is 0 Å². The van der Waals surface area contributed by atoms with E-state index in [0.717, 1.165) is 19.3 Å². The first kappa shape index (κ1) is 21.3. The van der Waals surface area contributed by atoms with Gasteiger partial charge < -0.3 is 19.8 Å². The molecule has 1 fully saturated rings. The van der Waals surface area contributed by atoms with E-state index >= 15 is 0 Å². The normalized spacial score (nSPS) is 15.7. The van der Waals surface area contributed by atoms with Crippen molar-refractivity contribution in [3.63, 3.8) is 0 Å². The van der Waals surface area contributed by atoms with Crippen LogP contribution in [-0.4, -0.2) is 29.5 Å². The molecule has 3 aromatic rings. The van der Waals surface area contributed by atoms with Gasteiger partial charge in [-0.1, -0.05) is 18.2 Å². The van der Waals surface area contributed by atoms with Crippen LogP contribution in [0.2, 0.25) is 0 Å².